The lowest BCUT2D eigenvalue weighted by Gasteiger charge is -2.20. The van der Waals surface area contributed by atoms with E-state index < -0.39 is 5.76 Å². The van der Waals surface area contributed by atoms with E-state index in [0.717, 1.165) is 21.7 Å². The monoisotopic (exact) mass is 399 g/mol. The van der Waals surface area contributed by atoms with E-state index in [2.05, 4.69) is 38.1 Å². The lowest BCUT2D eigenvalue weighted by Crippen LogP contribution is -2.22. The number of benzene rings is 1. The van der Waals surface area contributed by atoms with Crippen LogP contribution in [0.3, 0.4) is 0 Å². The molecule has 0 fully saturated rings. The normalized spacial score (nSPS) is 11.4. The molecule has 3 rings (SSSR count). The maximum absolute atomic E-state index is 12.6. The number of thiophene rings is 1. The molecule has 1 amide bonds. The van der Waals surface area contributed by atoms with Gasteiger partial charge in [0.05, 0.1) is 11.4 Å². The van der Waals surface area contributed by atoms with Crippen molar-refractivity contribution in [1.82, 2.24) is 9.78 Å². The number of amides is 1. The number of rotatable bonds is 7. The van der Waals surface area contributed by atoms with E-state index in [1.54, 1.807) is 0 Å². The number of nitrogens with zero attached hydrogens (tertiary/aromatic N) is 2. The van der Waals surface area contributed by atoms with Gasteiger partial charge in [0.1, 0.15) is 0 Å². The zero-order chi connectivity index (χ0) is 20.3. The predicted octanol–water partition coefficient (Wildman–Crippen LogP) is 4.84. The second-order valence-electron chi connectivity index (χ2n) is 7.29. The fraction of sp³-hybridized carbons (Fsp3) is 0.381. The zero-order valence-electron chi connectivity index (χ0n) is 16.6. The average Bonchev–Trinajstić information content (AvgIpc) is 3.29. The summed E-state index contributed by atoms with van der Waals surface area (Å²) in [6.45, 7) is 8.60. The molecule has 2 aromatic heterocycles. The second-order valence-corrected chi connectivity index (χ2v) is 8.24. The Morgan fingerprint density at radius 2 is 1.82 bits per heavy atom. The third kappa shape index (κ3) is 4.42. The van der Waals surface area contributed by atoms with E-state index in [1.807, 2.05) is 35.7 Å². The smallest absolute Gasteiger partial charge is 0.387 e. The number of aromatic nitrogens is 2. The van der Waals surface area contributed by atoms with Crippen molar-refractivity contribution in [2.24, 2.45) is 0 Å². The van der Waals surface area contributed by atoms with Crippen molar-refractivity contribution in [2.45, 2.75) is 52.5 Å². The molecule has 0 bridgehead atoms. The van der Waals surface area contributed by atoms with E-state index in [9.17, 15) is 9.59 Å². The third-order valence-electron chi connectivity index (χ3n) is 4.53. The lowest BCUT2D eigenvalue weighted by atomic mass is 9.92. The van der Waals surface area contributed by atoms with Crippen LogP contribution in [0.2, 0.25) is 0 Å². The number of carbonyl (C=O) groups is 1. The minimum atomic E-state index is -0.554. The molecule has 148 valence electrons. The molecule has 3 aromatic rings. The van der Waals surface area contributed by atoms with Gasteiger partial charge in [-0.25, -0.2) is 4.79 Å². The third-order valence-corrected chi connectivity index (χ3v) is 5.38. The van der Waals surface area contributed by atoms with Crippen molar-refractivity contribution < 1.29 is 9.21 Å². The number of nitrogens with one attached hydrogen (secondary N) is 1. The van der Waals surface area contributed by atoms with Gasteiger partial charge in [-0.3, -0.25) is 4.79 Å². The van der Waals surface area contributed by atoms with Crippen LogP contribution in [0, 0.1) is 0 Å². The first-order chi connectivity index (χ1) is 13.4. The maximum Gasteiger partial charge on any atom is 0.437 e. The molecule has 1 N–H and O–H groups in total. The first kappa shape index (κ1) is 20.1. The standard InChI is InChI=1S/C21H25N3O3S/c1-13(2)15-7-5-8-16(14(3)4)19(15)22-18(25)10-11-24-21(26)27-20(23-24)17-9-6-12-28-17/h5-9,12-14H,10-11H2,1-4H3,(H,22,25). The molecule has 0 atom stereocenters. The molecule has 1 aromatic carbocycles. The number of hydrogen-bond donors (Lipinski definition) is 1. The molecule has 2 heterocycles. The Morgan fingerprint density at radius 1 is 1.14 bits per heavy atom. The van der Waals surface area contributed by atoms with Crippen LogP contribution in [0.5, 0.6) is 0 Å². The van der Waals surface area contributed by atoms with Gasteiger partial charge in [-0.05, 0) is 34.4 Å². The van der Waals surface area contributed by atoms with E-state index in [0.29, 0.717) is 11.8 Å². The molecular formula is C21H25N3O3S. The Morgan fingerprint density at radius 3 is 2.39 bits per heavy atom. The van der Waals surface area contributed by atoms with Crippen LogP contribution in [-0.2, 0) is 11.3 Å². The average molecular weight is 400 g/mol. The number of hydrogen-bond acceptors (Lipinski definition) is 5. The molecular weight excluding hydrogens is 374 g/mol. The second kappa shape index (κ2) is 8.56. The highest BCUT2D eigenvalue weighted by molar-refractivity contribution is 7.13. The summed E-state index contributed by atoms with van der Waals surface area (Å²) in [7, 11) is 0. The number of aryl methyl sites for hydroxylation is 1. The summed E-state index contributed by atoms with van der Waals surface area (Å²) in [6.07, 6.45) is 0.139. The van der Waals surface area contributed by atoms with Gasteiger partial charge in [0.15, 0.2) is 0 Å². The highest BCUT2D eigenvalue weighted by Crippen LogP contribution is 2.32. The number of anilines is 1. The molecule has 6 nitrogen and oxygen atoms in total. The van der Waals surface area contributed by atoms with Crippen LogP contribution in [0.15, 0.2) is 44.9 Å². The van der Waals surface area contributed by atoms with Crippen LogP contribution < -0.4 is 11.1 Å². The molecule has 0 aliphatic carbocycles. The Balaban J connectivity index is 1.73. The Labute approximate surface area is 168 Å². The molecule has 0 aliphatic rings. The van der Waals surface area contributed by atoms with Crippen molar-refractivity contribution in [3.05, 3.63) is 57.4 Å². The van der Waals surface area contributed by atoms with Gasteiger partial charge in [-0.15, -0.1) is 16.4 Å². The number of para-hydroxylation sites is 1. The van der Waals surface area contributed by atoms with Crippen LogP contribution in [-0.4, -0.2) is 15.7 Å². The summed E-state index contributed by atoms with van der Waals surface area (Å²) in [6, 6.07) is 9.82. The molecule has 0 unspecified atom stereocenters. The van der Waals surface area contributed by atoms with E-state index in [-0.39, 0.29) is 24.8 Å². The molecule has 0 spiro atoms. The Hall–Kier alpha value is -2.67. The van der Waals surface area contributed by atoms with Crippen molar-refractivity contribution in [3.63, 3.8) is 0 Å². The molecule has 0 aliphatic heterocycles. The van der Waals surface area contributed by atoms with E-state index >= 15 is 0 Å². The quantitative estimate of drug-likeness (QED) is 0.617. The summed E-state index contributed by atoms with van der Waals surface area (Å²) in [5.41, 5.74) is 3.10. The van der Waals surface area contributed by atoms with Crippen LogP contribution >= 0.6 is 11.3 Å². The van der Waals surface area contributed by atoms with Crippen LogP contribution in [0.4, 0.5) is 5.69 Å². The molecule has 0 radical (unpaired) electrons. The van der Waals surface area contributed by atoms with E-state index in [1.165, 1.54) is 16.0 Å². The summed E-state index contributed by atoms with van der Waals surface area (Å²) in [4.78, 5) is 25.4. The van der Waals surface area contributed by atoms with Crippen molar-refractivity contribution >= 4 is 22.9 Å². The fourth-order valence-corrected chi connectivity index (χ4v) is 3.70. The van der Waals surface area contributed by atoms with Crippen molar-refractivity contribution in [2.75, 3.05) is 5.32 Å². The highest BCUT2D eigenvalue weighted by atomic mass is 32.1. The summed E-state index contributed by atoms with van der Waals surface area (Å²) >= 11 is 1.44. The first-order valence-corrected chi connectivity index (χ1v) is 10.3. The van der Waals surface area contributed by atoms with Crippen LogP contribution in [0.25, 0.3) is 10.8 Å². The maximum atomic E-state index is 12.6. The first-order valence-electron chi connectivity index (χ1n) is 9.41. The van der Waals surface area contributed by atoms with Crippen molar-refractivity contribution in [1.29, 1.82) is 0 Å². The van der Waals surface area contributed by atoms with Crippen LogP contribution in [0.1, 0.15) is 57.1 Å². The van der Waals surface area contributed by atoms with Gasteiger partial charge in [0.2, 0.25) is 5.91 Å². The van der Waals surface area contributed by atoms with Gasteiger partial charge in [-0.2, -0.15) is 4.68 Å². The van der Waals surface area contributed by atoms with Crippen molar-refractivity contribution in [3.8, 4) is 10.8 Å². The lowest BCUT2D eigenvalue weighted by molar-refractivity contribution is -0.116. The summed E-state index contributed by atoms with van der Waals surface area (Å²) in [5.74, 6) is 0.165. The Kier molecular flexibility index (Phi) is 6.14. The molecule has 7 heteroatoms. The highest BCUT2D eigenvalue weighted by Gasteiger charge is 2.17. The largest absolute Gasteiger partial charge is 0.437 e. The van der Waals surface area contributed by atoms with Gasteiger partial charge < -0.3 is 9.73 Å². The molecule has 0 saturated heterocycles. The van der Waals surface area contributed by atoms with Gasteiger partial charge in [0.25, 0.3) is 5.89 Å². The van der Waals surface area contributed by atoms with Gasteiger partial charge in [-0.1, -0.05) is 52.0 Å². The minimum absolute atomic E-state index is 0.139. The van der Waals surface area contributed by atoms with E-state index in [4.69, 9.17) is 4.42 Å². The van der Waals surface area contributed by atoms with Gasteiger partial charge in [0, 0.05) is 12.1 Å². The molecule has 28 heavy (non-hydrogen) atoms. The minimum Gasteiger partial charge on any atom is -0.387 e. The molecule has 0 saturated carbocycles. The topological polar surface area (TPSA) is 77.1 Å². The zero-order valence-corrected chi connectivity index (χ0v) is 17.4. The SMILES string of the molecule is CC(C)c1cccc(C(C)C)c1NC(=O)CCn1nc(-c2cccs2)oc1=O. The number of carbonyl (C=O) groups excluding carboxylic acids is 1. The predicted molar refractivity (Wildman–Crippen MR) is 112 cm³/mol. The van der Waals surface area contributed by atoms with Gasteiger partial charge >= 0.3 is 5.76 Å². The summed E-state index contributed by atoms with van der Waals surface area (Å²) < 4.78 is 6.39. The fourth-order valence-electron chi connectivity index (χ4n) is 3.05. The summed E-state index contributed by atoms with van der Waals surface area (Å²) in [5, 5.41) is 9.14. The Bertz CT molecular complexity index is 974.